The molecule has 63 heavy (non-hydrogen) atoms. The van der Waals surface area contributed by atoms with Crippen LogP contribution in [0.1, 0.15) is 317 Å². The minimum atomic E-state index is -0.762. The van der Waals surface area contributed by atoms with Gasteiger partial charge in [-0.3, -0.25) is 14.4 Å². The summed E-state index contributed by atoms with van der Waals surface area (Å²) in [7, 11) is 0. The van der Waals surface area contributed by atoms with Crippen molar-refractivity contribution in [3.63, 3.8) is 0 Å². The average Bonchev–Trinajstić information content (AvgIpc) is 3.27. The smallest absolute Gasteiger partial charge is 0.306 e. The van der Waals surface area contributed by atoms with Crippen LogP contribution in [0.4, 0.5) is 0 Å². The van der Waals surface area contributed by atoms with Gasteiger partial charge in [0.05, 0.1) is 0 Å². The van der Waals surface area contributed by atoms with Crippen LogP contribution in [0.2, 0.25) is 0 Å². The van der Waals surface area contributed by atoms with Crippen molar-refractivity contribution in [1.29, 1.82) is 0 Å². The summed E-state index contributed by atoms with van der Waals surface area (Å²) in [4.78, 5) is 38.1. The molecular weight excluding hydrogens is 781 g/mol. The zero-order valence-corrected chi connectivity index (χ0v) is 43.2. The molecule has 0 heterocycles. The minimum Gasteiger partial charge on any atom is -0.462 e. The van der Waals surface area contributed by atoms with Gasteiger partial charge >= 0.3 is 17.9 Å². The molecule has 1 unspecified atom stereocenters. The Morgan fingerprint density at radius 3 is 0.905 bits per heavy atom. The second kappa shape index (κ2) is 49.8. The Bertz CT molecular complexity index is 964. The van der Waals surface area contributed by atoms with E-state index in [-0.39, 0.29) is 31.1 Å². The maximum absolute atomic E-state index is 12.8. The second-order valence-corrected chi connectivity index (χ2v) is 20.3. The molecule has 0 aliphatic rings. The lowest BCUT2D eigenvalue weighted by atomic mass is 9.99. The summed E-state index contributed by atoms with van der Waals surface area (Å²) in [5.74, 6) is 0.855. The number of carbonyl (C=O) groups excluding carboxylic acids is 3. The molecule has 0 radical (unpaired) electrons. The van der Waals surface area contributed by atoms with Crippen LogP contribution in [-0.4, -0.2) is 37.2 Å². The Morgan fingerprint density at radius 1 is 0.333 bits per heavy atom. The first-order valence-electron chi connectivity index (χ1n) is 28.3. The largest absolute Gasteiger partial charge is 0.462 e. The van der Waals surface area contributed by atoms with E-state index in [2.05, 4.69) is 34.6 Å². The maximum Gasteiger partial charge on any atom is 0.306 e. The van der Waals surface area contributed by atoms with Gasteiger partial charge < -0.3 is 14.2 Å². The van der Waals surface area contributed by atoms with Gasteiger partial charge in [-0.25, -0.2) is 0 Å². The molecule has 0 bridgehead atoms. The molecule has 2 atom stereocenters. The third kappa shape index (κ3) is 49.7. The number of carbonyl (C=O) groups is 3. The van der Waals surface area contributed by atoms with E-state index in [0.717, 1.165) is 69.6 Å². The van der Waals surface area contributed by atoms with Gasteiger partial charge in [0.2, 0.25) is 0 Å². The fourth-order valence-corrected chi connectivity index (χ4v) is 8.66. The highest BCUT2D eigenvalue weighted by molar-refractivity contribution is 5.71. The molecule has 0 rings (SSSR count). The Labute approximate surface area is 393 Å². The number of esters is 3. The van der Waals surface area contributed by atoms with E-state index < -0.39 is 6.10 Å². The molecular formula is C57H110O6. The summed E-state index contributed by atoms with van der Waals surface area (Å²) in [5, 5.41) is 0. The Hall–Kier alpha value is -1.59. The van der Waals surface area contributed by atoms with E-state index in [1.54, 1.807) is 0 Å². The van der Waals surface area contributed by atoms with Gasteiger partial charge in [0.25, 0.3) is 0 Å². The van der Waals surface area contributed by atoms with E-state index in [0.29, 0.717) is 19.3 Å². The molecule has 0 saturated heterocycles. The average molecular weight is 892 g/mol. The van der Waals surface area contributed by atoms with Gasteiger partial charge in [-0.2, -0.15) is 0 Å². The molecule has 0 amide bonds. The van der Waals surface area contributed by atoms with Crippen LogP contribution in [0.25, 0.3) is 0 Å². The molecule has 6 nitrogen and oxygen atoms in total. The number of ether oxygens (including phenoxy) is 3. The number of rotatable bonds is 51. The van der Waals surface area contributed by atoms with Crippen molar-refractivity contribution in [1.82, 2.24) is 0 Å². The highest BCUT2D eigenvalue weighted by Gasteiger charge is 2.19. The number of hydrogen-bond donors (Lipinski definition) is 0. The fourth-order valence-electron chi connectivity index (χ4n) is 8.66. The second-order valence-electron chi connectivity index (χ2n) is 20.3. The summed E-state index contributed by atoms with van der Waals surface area (Å²) in [6.45, 7) is 11.4. The predicted molar refractivity (Wildman–Crippen MR) is 270 cm³/mol. The summed E-state index contributed by atoms with van der Waals surface area (Å²) < 4.78 is 16.9. The monoisotopic (exact) mass is 891 g/mol. The molecule has 0 aromatic rings. The van der Waals surface area contributed by atoms with Crippen molar-refractivity contribution in [2.75, 3.05) is 13.2 Å². The zero-order chi connectivity index (χ0) is 46.1. The van der Waals surface area contributed by atoms with E-state index in [1.807, 2.05) is 0 Å². The normalized spacial score (nSPS) is 12.5. The van der Waals surface area contributed by atoms with Crippen molar-refractivity contribution in [3.8, 4) is 0 Å². The van der Waals surface area contributed by atoms with Gasteiger partial charge in [-0.1, -0.05) is 279 Å². The Kier molecular flexibility index (Phi) is 48.6. The topological polar surface area (TPSA) is 78.9 Å². The van der Waals surface area contributed by atoms with Crippen molar-refractivity contribution in [2.45, 2.75) is 323 Å². The van der Waals surface area contributed by atoms with Crippen molar-refractivity contribution in [2.24, 2.45) is 11.8 Å². The first-order valence-corrected chi connectivity index (χ1v) is 28.3. The molecule has 0 saturated carbocycles. The highest BCUT2D eigenvalue weighted by atomic mass is 16.6. The molecule has 0 aromatic carbocycles. The van der Waals surface area contributed by atoms with Crippen LogP contribution in [0.15, 0.2) is 0 Å². The molecule has 6 heteroatoms. The minimum absolute atomic E-state index is 0.0631. The van der Waals surface area contributed by atoms with Crippen LogP contribution in [0, 0.1) is 11.8 Å². The molecule has 0 N–H and O–H groups in total. The maximum atomic E-state index is 12.8. The summed E-state index contributed by atoms with van der Waals surface area (Å²) in [6.07, 6.45) is 52.3. The lowest BCUT2D eigenvalue weighted by Gasteiger charge is -2.18. The van der Waals surface area contributed by atoms with E-state index in [9.17, 15) is 14.4 Å². The lowest BCUT2D eigenvalue weighted by molar-refractivity contribution is -0.167. The third-order valence-corrected chi connectivity index (χ3v) is 13.3. The van der Waals surface area contributed by atoms with Gasteiger partial charge in [0, 0.05) is 19.3 Å². The predicted octanol–water partition coefficient (Wildman–Crippen LogP) is 18.5. The highest BCUT2D eigenvalue weighted by Crippen LogP contribution is 2.18. The number of unbranched alkanes of at least 4 members (excludes halogenated alkanes) is 35. The molecule has 0 aliphatic carbocycles. The molecule has 0 fully saturated rings. The summed E-state index contributed by atoms with van der Waals surface area (Å²) in [5.41, 5.74) is 0. The molecule has 374 valence electrons. The summed E-state index contributed by atoms with van der Waals surface area (Å²) in [6, 6.07) is 0. The SMILES string of the molecule is CCCCCCCCCCCCCCCCCC(=O)O[C@H](COC(=O)CCCCCCCCCCCCCCCCCC(C)C)COC(=O)CCCCCCCCCCC(C)CC. The third-order valence-electron chi connectivity index (χ3n) is 13.3. The van der Waals surface area contributed by atoms with Crippen molar-refractivity contribution >= 4 is 17.9 Å². The van der Waals surface area contributed by atoms with E-state index in [1.165, 1.54) is 205 Å². The van der Waals surface area contributed by atoms with E-state index in [4.69, 9.17) is 14.2 Å². The van der Waals surface area contributed by atoms with Crippen LogP contribution < -0.4 is 0 Å². The quantitative estimate of drug-likeness (QED) is 0.0344. The fraction of sp³-hybridized carbons (Fsp3) is 0.947. The zero-order valence-electron chi connectivity index (χ0n) is 43.2. The number of hydrogen-bond acceptors (Lipinski definition) is 6. The van der Waals surface area contributed by atoms with Gasteiger partial charge in [0.1, 0.15) is 13.2 Å². The standard InChI is InChI=1S/C57H110O6/c1-6-8-9-10-11-12-13-14-16-21-24-27-34-39-44-49-57(60)63-54(51-62-56(59)48-43-38-33-29-28-31-36-41-46-53(5)7-2)50-61-55(58)47-42-37-32-26-23-20-18-15-17-19-22-25-30-35-40-45-52(3)4/h52-54H,6-51H2,1-5H3/t53?,54-/m1/s1. The van der Waals surface area contributed by atoms with Crippen LogP contribution in [0.3, 0.4) is 0 Å². The summed E-state index contributed by atoms with van der Waals surface area (Å²) >= 11 is 0. The van der Waals surface area contributed by atoms with Crippen molar-refractivity contribution < 1.29 is 28.6 Å². The Morgan fingerprint density at radius 2 is 0.603 bits per heavy atom. The first kappa shape index (κ1) is 61.4. The molecule has 0 spiro atoms. The van der Waals surface area contributed by atoms with Crippen LogP contribution >= 0.6 is 0 Å². The van der Waals surface area contributed by atoms with Gasteiger partial charge in [-0.15, -0.1) is 0 Å². The Balaban J connectivity index is 4.29. The van der Waals surface area contributed by atoms with Crippen LogP contribution in [0.5, 0.6) is 0 Å². The lowest BCUT2D eigenvalue weighted by Crippen LogP contribution is -2.30. The molecule has 0 aliphatic heterocycles. The van der Waals surface area contributed by atoms with Gasteiger partial charge in [-0.05, 0) is 31.1 Å². The van der Waals surface area contributed by atoms with Crippen molar-refractivity contribution in [3.05, 3.63) is 0 Å². The van der Waals surface area contributed by atoms with Crippen LogP contribution in [-0.2, 0) is 28.6 Å². The van der Waals surface area contributed by atoms with Gasteiger partial charge in [0.15, 0.2) is 6.10 Å². The first-order chi connectivity index (χ1) is 30.8. The van der Waals surface area contributed by atoms with E-state index >= 15 is 0 Å². The molecule has 0 aromatic heterocycles.